The Morgan fingerprint density at radius 3 is 3.00 bits per heavy atom. The van der Waals surface area contributed by atoms with Crippen LogP contribution in [0.25, 0.3) is 0 Å². The molecule has 1 aliphatic heterocycles. The number of hydrogen-bond acceptors (Lipinski definition) is 8. The summed E-state index contributed by atoms with van der Waals surface area (Å²) in [6.45, 7) is 2.03. The first-order valence-corrected chi connectivity index (χ1v) is 8.87. The fraction of sp³-hybridized carbons (Fsp3) is 0.294. The molecule has 1 aliphatic rings. The normalized spacial score (nSPS) is 13.0. The highest BCUT2D eigenvalue weighted by Crippen LogP contribution is 2.31. The van der Waals surface area contributed by atoms with Crippen LogP contribution in [0.15, 0.2) is 29.6 Å². The Bertz CT molecular complexity index is 835. The van der Waals surface area contributed by atoms with E-state index in [0.717, 1.165) is 0 Å². The number of anilines is 2. The SMILES string of the molecule is CCOC(=O)Cc1csc(NC(=O)CN2CC(=O)Oc3ccccc32)n1. The summed E-state index contributed by atoms with van der Waals surface area (Å²) in [4.78, 5) is 41.3. The van der Waals surface area contributed by atoms with E-state index in [4.69, 9.17) is 9.47 Å². The number of esters is 2. The lowest BCUT2D eigenvalue weighted by Crippen LogP contribution is -2.41. The molecule has 0 spiro atoms. The van der Waals surface area contributed by atoms with Crippen molar-refractivity contribution in [2.45, 2.75) is 13.3 Å². The van der Waals surface area contributed by atoms with Crippen LogP contribution in [0.3, 0.4) is 0 Å². The number of hydrogen-bond donors (Lipinski definition) is 1. The van der Waals surface area contributed by atoms with Crippen molar-refractivity contribution in [3.63, 3.8) is 0 Å². The van der Waals surface area contributed by atoms with Gasteiger partial charge in [0.05, 0.1) is 31.0 Å². The summed E-state index contributed by atoms with van der Waals surface area (Å²) in [6.07, 6.45) is 0.0611. The molecule has 0 saturated carbocycles. The zero-order valence-electron chi connectivity index (χ0n) is 14.1. The number of benzene rings is 1. The van der Waals surface area contributed by atoms with Gasteiger partial charge in [0.1, 0.15) is 6.54 Å². The number of nitrogens with one attached hydrogen (secondary N) is 1. The zero-order chi connectivity index (χ0) is 18.5. The first kappa shape index (κ1) is 17.9. The summed E-state index contributed by atoms with van der Waals surface area (Å²) in [7, 11) is 0. The van der Waals surface area contributed by atoms with Crippen LogP contribution in [0.4, 0.5) is 10.8 Å². The second-order valence-electron chi connectivity index (χ2n) is 5.47. The number of rotatable bonds is 6. The third-order valence-electron chi connectivity index (χ3n) is 3.51. The summed E-state index contributed by atoms with van der Waals surface area (Å²) in [6, 6.07) is 7.04. The Balaban J connectivity index is 1.60. The molecule has 0 unspecified atom stereocenters. The van der Waals surface area contributed by atoms with E-state index in [1.54, 1.807) is 35.4 Å². The molecular weight excluding hydrogens is 358 g/mol. The molecule has 2 heterocycles. The lowest BCUT2D eigenvalue weighted by Gasteiger charge is -2.28. The lowest BCUT2D eigenvalue weighted by molar-refractivity contribution is -0.142. The summed E-state index contributed by atoms with van der Waals surface area (Å²) in [5, 5.41) is 4.77. The third kappa shape index (κ3) is 4.37. The van der Waals surface area contributed by atoms with Crippen LogP contribution in [-0.2, 0) is 25.5 Å². The second-order valence-corrected chi connectivity index (χ2v) is 6.33. The van der Waals surface area contributed by atoms with Crippen LogP contribution in [0.1, 0.15) is 12.6 Å². The molecule has 3 rings (SSSR count). The number of aromatic nitrogens is 1. The number of carbonyl (C=O) groups is 3. The van der Waals surface area contributed by atoms with Gasteiger partial charge in [-0.25, -0.2) is 9.78 Å². The van der Waals surface area contributed by atoms with Gasteiger partial charge in [0, 0.05) is 5.38 Å². The van der Waals surface area contributed by atoms with Crippen molar-refractivity contribution in [3.05, 3.63) is 35.3 Å². The first-order chi connectivity index (χ1) is 12.5. The van der Waals surface area contributed by atoms with Crippen LogP contribution < -0.4 is 15.0 Å². The van der Waals surface area contributed by atoms with Gasteiger partial charge < -0.3 is 19.7 Å². The number of nitrogens with zero attached hydrogens (tertiary/aromatic N) is 2. The molecule has 0 fully saturated rings. The molecule has 26 heavy (non-hydrogen) atoms. The van der Waals surface area contributed by atoms with E-state index in [2.05, 4.69) is 10.3 Å². The average molecular weight is 375 g/mol. The number of amides is 1. The van der Waals surface area contributed by atoms with E-state index < -0.39 is 5.97 Å². The summed E-state index contributed by atoms with van der Waals surface area (Å²) in [5.74, 6) is -0.657. The van der Waals surface area contributed by atoms with Crippen molar-refractivity contribution >= 4 is 40.0 Å². The Hall–Kier alpha value is -2.94. The molecular formula is C17H17N3O5S. The fourth-order valence-corrected chi connectivity index (χ4v) is 3.21. The fourth-order valence-electron chi connectivity index (χ4n) is 2.48. The number of thiazole rings is 1. The van der Waals surface area contributed by atoms with Gasteiger partial charge >= 0.3 is 11.9 Å². The Labute approximate surface area is 153 Å². The number of fused-ring (bicyclic) bond motifs is 1. The van der Waals surface area contributed by atoms with E-state index in [9.17, 15) is 14.4 Å². The van der Waals surface area contributed by atoms with Crippen molar-refractivity contribution in [1.82, 2.24) is 4.98 Å². The minimum atomic E-state index is -0.414. The molecule has 1 amide bonds. The predicted molar refractivity (Wildman–Crippen MR) is 95.4 cm³/mol. The third-order valence-corrected chi connectivity index (χ3v) is 4.32. The minimum Gasteiger partial charge on any atom is -0.466 e. The van der Waals surface area contributed by atoms with E-state index in [1.807, 2.05) is 6.07 Å². The summed E-state index contributed by atoms with van der Waals surface area (Å²) < 4.78 is 10.0. The summed E-state index contributed by atoms with van der Waals surface area (Å²) in [5.41, 5.74) is 1.22. The topological polar surface area (TPSA) is 97.8 Å². The van der Waals surface area contributed by atoms with Crippen LogP contribution in [0.5, 0.6) is 5.75 Å². The van der Waals surface area contributed by atoms with Crippen molar-refractivity contribution in [3.8, 4) is 5.75 Å². The van der Waals surface area contributed by atoms with Crippen LogP contribution in [0.2, 0.25) is 0 Å². The largest absolute Gasteiger partial charge is 0.466 e. The average Bonchev–Trinajstić information content (AvgIpc) is 3.01. The van der Waals surface area contributed by atoms with Crippen molar-refractivity contribution < 1.29 is 23.9 Å². The number of para-hydroxylation sites is 2. The van der Waals surface area contributed by atoms with Gasteiger partial charge in [-0.1, -0.05) is 12.1 Å². The molecule has 1 aromatic carbocycles. The van der Waals surface area contributed by atoms with Gasteiger partial charge in [-0.3, -0.25) is 9.59 Å². The molecule has 9 heteroatoms. The minimum absolute atomic E-state index is 0.00356. The van der Waals surface area contributed by atoms with Gasteiger partial charge in [-0.05, 0) is 19.1 Å². The van der Waals surface area contributed by atoms with Crippen molar-refractivity contribution in [2.24, 2.45) is 0 Å². The van der Waals surface area contributed by atoms with E-state index >= 15 is 0 Å². The van der Waals surface area contributed by atoms with Gasteiger partial charge in [-0.15, -0.1) is 11.3 Å². The zero-order valence-corrected chi connectivity index (χ0v) is 14.9. The molecule has 0 bridgehead atoms. The maximum atomic E-state index is 12.3. The molecule has 136 valence electrons. The van der Waals surface area contributed by atoms with E-state index in [0.29, 0.717) is 28.9 Å². The Morgan fingerprint density at radius 2 is 2.19 bits per heavy atom. The van der Waals surface area contributed by atoms with Gasteiger partial charge in [0.15, 0.2) is 10.9 Å². The summed E-state index contributed by atoms with van der Waals surface area (Å²) >= 11 is 1.23. The monoisotopic (exact) mass is 375 g/mol. The van der Waals surface area contributed by atoms with Crippen LogP contribution in [-0.4, -0.2) is 42.5 Å². The molecule has 0 atom stereocenters. The smallest absolute Gasteiger partial charge is 0.331 e. The molecule has 0 saturated heterocycles. The first-order valence-electron chi connectivity index (χ1n) is 7.99. The number of ether oxygens (including phenoxy) is 2. The highest BCUT2D eigenvalue weighted by atomic mass is 32.1. The molecule has 0 radical (unpaired) electrons. The van der Waals surface area contributed by atoms with Crippen LogP contribution in [0, 0.1) is 0 Å². The lowest BCUT2D eigenvalue weighted by atomic mass is 10.2. The molecule has 1 N–H and O–H groups in total. The highest BCUT2D eigenvalue weighted by Gasteiger charge is 2.25. The predicted octanol–water partition coefficient (Wildman–Crippen LogP) is 1.61. The number of carbonyl (C=O) groups excluding carboxylic acids is 3. The van der Waals surface area contributed by atoms with Crippen LogP contribution >= 0.6 is 11.3 Å². The van der Waals surface area contributed by atoms with Gasteiger partial charge in [-0.2, -0.15) is 0 Å². The second kappa shape index (κ2) is 7.96. The maximum absolute atomic E-state index is 12.3. The Morgan fingerprint density at radius 1 is 1.38 bits per heavy atom. The molecule has 1 aromatic heterocycles. The van der Waals surface area contributed by atoms with E-state index in [-0.39, 0.29) is 31.4 Å². The quantitative estimate of drug-likeness (QED) is 0.605. The maximum Gasteiger partial charge on any atom is 0.331 e. The van der Waals surface area contributed by atoms with E-state index in [1.165, 1.54) is 11.3 Å². The van der Waals surface area contributed by atoms with Crippen molar-refractivity contribution in [2.75, 3.05) is 29.9 Å². The van der Waals surface area contributed by atoms with Crippen molar-refractivity contribution in [1.29, 1.82) is 0 Å². The Kier molecular flexibility index (Phi) is 5.47. The highest BCUT2D eigenvalue weighted by molar-refractivity contribution is 7.13. The van der Waals surface area contributed by atoms with Gasteiger partial charge in [0.2, 0.25) is 5.91 Å². The standard InChI is InChI=1S/C17H17N3O5S/c1-2-24-15(22)7-11-10-26-17(18-11)19-14(21)8-20-9-16(23)25-13-6-4-3-5-12(13)20/h3-6,10H,2,7-9H2,1H3,(H,18,19,21). The molecule has 0 aliphatic carbocycles. The van der Waals surface area contributed by atoms with Gasteiger partial charge in [0.25, 0.3) is 0 Å². The molecule has 8 nitrogen and oxygen atoms in total. The molecule has 2 aromatic rings.